The number of aliphatic hydroxyl groups is 1. The van der Waals surface area contributed by atoms with Gasteiger partial charge in [-0.25, -0.2) is 0 Å². The van der Waals surface area contributed by atoms with Crippen LogP contribution in [-0.4, -0.2) is 29.8 Å². The number of hydrogen-bond donors (Lipinski definition) is 2. The molecule has 0 saturated carbocycles. The van der Waals surface area contributed by atoms with Crippen molar-refractivity contribution in [2.45, 2.75) is 13.8 Å². The molecule has 3 nitrogen and oxygen atoms in total. The molecule has 4 heteroatoms. The third kappa shape index (κ3) is 2.71. The van der Waals surface area contributed by atoms with Crippen LogP contribution in [0.15, 0.2) is 18.2 Å². The fraction of sp³-hybridized carbons (Fsp3) is 0.417. The van der Waals surface area contributed by atoms with Gasteiger partial charge in [-0.05, 0) is 25.5 Å². The minimum absolute atomic E-state index is 0.124. The molecule has 0 aliphatic rings. The molecule has 0 amide bonds. The maximum atomic E-state index is 9.04. The highest BCUT2D eigenvalue weighted by Gasteiger charge is 2.13. The summed E-state index contributed by atoms with van der Waals surface area (Å²) >= 11 is 5.05. The largest absolute Gasteiger partial charge is 0.395 e. The quantitative estimate of drug-likeness (QED) is 0.762. The van der Waals surface area contributed by atoms with Crippen LogP contribution in [0.4, 0.5) is 5.69 Å². The lowest BCUT2D eigenvalue weighted by Crippen LogP contribution is -2.29. The fourth-order valence-electron chi connectivity index (χ4n) is 1.83. The van der Waals surface area contributed by atoms with E-state index in [1.54, 1.807) is 0 Å². The lowest BCUT2D eigenvalue weighted by atomic mass is 10.1. The predicted molar refractivity (Wildman–Crippen MR) is 72.0 cm³/mol. The number of likely N-dealkylation sites (N-methyl/N-ethyl adjacent to an activating group) is 1. The molecule has 1 aromatic carbocycles. The van der Waals surface area contributed by atoms with Crippen molar-refractivity contribution in [1.82, 2.24) is 0 Å². The van der Waals surface area contributed by atoms with E-state index in [-0.39, 0.29) is 6.61 Å². The van der Waals surface area contributed by atoms with Crippen molar-refractivity contribution in [3.05, 3.63) is 29.3 Å². The van der Waals surface area contributed by atoms with Gasteiger partial charge in [0.25, 0.3) is 0 Å². The monoisotopic (exact) mass is 238 g/mol. The summed E-state index contributed by atoms with van der Waals surface area (Å²) in [5.74, 6) is 0. The maximum absolute atomic E-state index is 9.04. The SMILES string of the molecule is CCN(CCO)c1c(C)cccc1C(N)=S. The van der Waals surface area contributed by atoms with Gasteiger partial charge in [0.05, 0.1) is 6.61 Å². The number of hydrogen-bond acceptors (Lipinski definition) is 3. The van der Waals surface area contributed by atoms with Gasteiger partial charge in [-0.3, -0.25) is 0 Å². The first-order chi connectivity index (χ1) is 7.61. The van der Waals surface area contributed by atoms with Crippen molar-refractivity contribution in [1.29, 1.82) is 0 Å². The van der Waals surface area contributed by atoms with Gasteiger partial charge in [0, 0.05) is 24.3 Å². The van der Waals surface area contributed by atoms with Crippen LogP contribution in [0.5, 0.6) is 0 Å². The molecule has 0 aliphatic carbocycles. The Morgan fingerprint density at radius 1 is 1.50 bits per heavy atom. The zero-order valence-corrected chi connectivity index (χ0v) is 10.5. The normalized spacial score (nSPS) is 10.2. The van der Waals surface area contributed by atoms with Crippen LogP contribution >= 0.6 is 12.2 Å². The Kier molecular flexibility index (Phi) is 4.71. The summed E-state index contributed by atoms with van der Waals surface area (Å²) in [6.07, 6.45) is 0. The highest BCUT2D eigenvalue weighted by molar-refractivity contribution is 7.80. The Morgan fingerprint density at radius 2 is 2.19 bits per heavy atom. The number of rotatable bonds is 5. The maximum Gasteiger partial charge on any atom is 0.106 e. The molecule has 0 fully saturated rings. The molecule has 3 N–H and O–H groups in total. The van der Waals surface area contributed by atoms with Crippen LogP contribution in [0.1, 0.15) is 18.1 Å². The summed E-state index contributed by atoms with van der Waals surface area (Å²) in [6.45, 7) is 5.61. The van der Waals surface area contributed by atoms with Crippen LogP contribution < -0.4 is 10.6 Å². The van der Waals surface area contributed by atoms with Gasteiger partial charge in [0.1, 0.15) is 4.99 Å². The number of aryl methyl sites for hydroxylation is 1. The van der Waals surface area contributed by atoms with E-state index >= 15 is 0 Å². The molecule has 0 saturated heterocycles. The van der Waals surface area contributed by atoms with E-state index in [0.717, 1.165) is 23.4 Å². The molecule has 0 spiro atoms. The zero-order chi connectivity index (χ0) is 12.1. The molecule has 1 rings (SSSR count). The van der Waals surface area contributed by atoms with Crippen molar-refractivity contribution in [2.24, 2.45) is 5.73 Å². The van der Waals surface area contributed by atoms with Gasteiger partial charge in [0.2, 0.25) is 0 Å². The van der Waals surface area contributed by atoms with Gasteiger partial charge in [-0.15, -0.1) is 0 Å². The topological polar surface area (TPSA) is 49.5 Å². The fourth-order valence-corrected chi connectivity index (χ4v) is 1.99. The lowest BCUT2D eigenvalue weighted by molar-refractivity contribution is 0.302. The van der Waals surface area contributed by atoms with E-state index in [1.807, 2.05) is 32.0 Å². The second-order valence-corrected chi connectivity index (χ2v) is 4.08. The second kappa shape index (κ2) is 5.82. The number of benzene rings is 1. The van der Waals surface area contributed by atoms with Crippen LogP contribution in [0.25, 0.3) is 0 Å². The Bertz CT molecular complexity index is 379. The molecule has 16 heavy (non-hydrogen) atoms. The number of nitrogens with two attached hydrogens (primary N) is 1. The first kappa shape index (κ1) is 12.9. The highest BCUT2D eigenvalue weighted by atomic mass is 32.1. The molecule has 0 heterocycles. The predicted octanol–water partition coefficient (Wildman–Crippen LogP) is 1.45. The molecule has 0 radical (unpaired) electrons. The summed E-state index contributed by atoms with van der Waals surface area (Å²) in [6, 6.07) is 5.89. The van der Waals surface area contributed by atoms with Crippen molar-refractivity contribution < 1.29 is 5.11 Å². The summed E-state index contributed by atoms with van der Waals surface area (Å²) < 4.78 is 0. The molecular formula is C12H18N2OS. The molecule has 0 aromatic heterocycles. The number of anilines is 1. The van der Waals surface area contributed by atoms with Crippen molar-refractivity contribution in [3.63, 3.8) is 0 Å². The van der Waals surface area contributed by atoms with E-state index in [4.69, 9.17) is 23.1 Å². The number of nitrogens with zero attached hydrogens (tertiary/aromatic N) is 1. The minimum Gasteiger partial charge on any atom is -0.395 e. The van der Waals surface area contributed by atoms with Crippen LogP contribution in [0.2, 0.25) is 0 Å². The Hall–Kier alpha value is -1.13. The Labute approximate surface area is 102 Å². The summed E-state index contributed by atoms with van der Waals surface area (Å²) in [4.78, 5) is 2.49. The van der Waals surface area contributed by atoms with Crippen LogP contribution in [0, 0.1) is 6.92 Å². The van der Waals surface area contributed by atoms with E-state index in [2.05, 4.69) is 4.90 Å². The van der Waals surface area contributed by atoms with Gasteiger partial charge in [-0.2, -0.15) is 0 Å². The molecule has 0 atom stereocenters. The summed E-state index contributed by atoms with van der Waals surface area (Å²) in [5, 5.41) is 9.04. The van der Waals surface area contributed by atoms with E-state index in [9.17, 15) is 0 Å². The average molecular weight is 238 g/mol. The number of para-hydroxylation sites is 1. The first-order valence-corrected chi connectivity index (χ1v) is 5.77. The van der Waals surface area contributed by atoms with Gasteiger partial charge in [-0.1, -0.05) is 24.4 Å². The smallest absolute Gasteiger partial charge is 0.106 e. The van der Waals surface area contributed by atoms with Crippen molar-refractivity contribution in [2.75, 3.05) is 24.6 Å². The molecule has 0 aliphatic heterocycles. The van der Waals surface area contributed by atoms with Gasteiger partial charge >= 0.3 is 0 Å². The first-order valence-electron chi connectivity index (χ1n) is 5.37. The Morgan fingerprint density at radius 3 is 2.69 bits per heavy atom. The minimum atomic E-state index is 0.124. The van der Waals surface area contributed by atoms with E-state index in [0.29, 0.717) is 11.5 Å². The summed E-state index contributed by atoms with van der Waals surface area (Å²) in [5.41, 5.74) is 8.75. The van der Waals surface area contributed by atoms with Gasteiger partial charge in [0.15, 0.2) is 0 Å². The molecular weight excluding hydrogens is 220 g/mol. The Balaban J connectivity index is 3.22. The van der Waals surface area contributed by atoms with E-state index in [1.165, 1.54) is 0 Å². The highest BCUT2D eigenvalue weighted by Crippen LogP contribution is 2.24. The molecule has 1 aromatic rings. The number of thiocarbonyl (C=S) groups is 1. The third-order valence-electron chi connectivity index (χ3n) is 2.57. The molecule has 88 valence electrons. The van der Waals surface area contributed by atoms with Crippen LogP contribution in [0.3, 0.4) is 0 Å². The van der Waals surface area contributed by atoms with Crippen LogP contribution in [-0.2, 0) is 0 Å². The second-order valence-electron chi connectivity index (χ2n) is 3.64. The third-order valence-corrected chi connectivity index (χ3v) is 2.79. The van der Waals surface area contributed by atoms with E-state index < -0.39 is 0 Å². The molecule has 0 unspecified atom stereocenters. The molecule has 0 bridgehead atoms. The van der Waals surface area contributed by atoms with Gasteiger partial charge < -0.3 is 15.7 Å². The van der Waals surface area contributed by atoms with Crippen molar-refractivity contribution in [3.8, 4) is 0 Å². The average Bonchev–Trinajstić information content (AvgIpc) is 2.26. The van der Waals surface area contributed by atoms with Crippen molar-refractivity contribution >= 4 is 22.9 Å². The standard InChI is InChI=1S/C12H18N2OS/c1-3-14(7-8-15)11-9(2)5-4-6-10(11)12(13)16/h4-6,15H,3,7-8H2,1-2H3,(H2,13,16). The summed E-state index contributed by atoms with van der Waals surface area (Å²) in [7, 11) is 0. The number of aliphatic hydroxyl groups excluding tert-OH is 1. The lowest BCUT2D eigenvalue weighted by Gasteiger charge is -2.26. The zero-order valence-electron chi connectivity index (χ0n) is 9.73.